The average molecular weight is 330 g/mol. The van der Waals surface area contributed by atoms with Gasteiger partial charge >= 0.3 is 5.97 Å². The highest BCUT2D eigenvalue weighted by atomic mass is 16.5. The zero-order valence-corrected chi connectivity index (χ0v) is 14.5. The molecule has 2 aromatic rings. The highest BCUT2D eigenvalue weighted by molar-refractivity contribution is 5.95. The van der Waals surface area contributed by atoms with Crippen molar-refractivity contribution in [2.45, 2.75) is 46.1 Å². The third-order valence-electron chi connectivity index (χ3n) is 3.87. The molecule has 1 aromatic heterocycles. The van der Waals surface area contributed by atoms with E-state index in [-0.39, 0.29) is 11.1 Å². The molecule has 1 amide bonds. The highest BCUT2D eigenvalue weighted by Crippen LogP contribution is 2.23. The molecule has 0 spiro atoms. The molecule has 24 heavy (non-hydrogen) atoms. The van der Waals surface area contributed by atoms with Crippen molar-refractivity contribution in [3.8, 4) is 0 Å². The van der Waals surface area contributed by atoms with Gasteiger partial charge in [0.25, 0.3) is 5.91 Å². The number of benzene rings is 1. The number of aryl methyl sites for hydroxylation is 2. The number of amides is 1. The normalized spacial score (nSPS) is 12.7. The standard InChI is InChI=1S/C18H22N2O4/c1-10-6-7-12(8-11(10)2)15(17(22)23)19-16(21)13-9-14(24-20-13)18(3,4)5/h6-9,15H,1-5H3,(H,19,21)(H,22,23). The summed E-state index contributed by atoms with van der Waals surface area (Å²) >= 11 is 0. The number of nitrogens with one attached hydrogen (secondary N) is 1. The van der Waals surface area contributed by atoms with Gasteiger partial charge in [-0.1, -0.05) is 44.1 Å². The van der Waals surface area contributed by atoms with Crippen molar-refractivity contribution in [2.24, 2.45) is 0 Å². The summed E-state index contributed by atoms with van der Waals surface area (Å²) in [5, 5.41) is 15.7. The topological polar surface area (TPSA) is 92.4 Å². The van der Waals surface area contributed by atoms with Crippen LogP contribution in [0.15, 0.2) is 28.8 Å². The maximum Gasteiger partial charge on any atom is 0.330 e. The molecule has 0 saturated heterocycles. The van der Waals surface area contributed by atoms with Gasteiger partial charge in [0.1, 0.15) is 5.76 Å². The Hall–Kier alpha value is -2.63. The number of aromatic nitrogens is 1. The summed E-state index contributed by atoms with van der Waals surface area (Å²) in [6, 6.07) is 5.68. The minimum absolute atomic E-state index is 0.0648. The van der Waals surface area contributed by atoms with Gasteiger partial charge in [-0.3, -0.25) is 4.79 Å². The monoisotopic (exact) mass is 330 g/mol. The second kappa shape index (κ2) is 6.47. The first-order valence-electron chi connectivity index (χ1n) is 7.67. The van der Waals surface area contributed by atoms with Crippen molar-refractivity contribution in [1.82, 2.24) is 10.5 Å². The quantitative estimate of drug-likeness (QED) is 0.898. The van der Waals surface area contributed by atoms with Crippen LogP contribution in [0, 0.1) is 13.8 Å². The Bertz CT molecular complexity index is 772. The van der Waals surface area contributed by atoms with Gasteiger partial charge in [0.2, 0.25) is 0 Å². The molecule has 1 heterocycles. The SMILES string of the molecule is Cc1ccc(C(NC(=O)c2cc(C(C)(C)C)on2)C(=O)O)cc1C. The maximum atomic E-state index is 12.3. The lowest BCUT2D eigenvalue weighted by Crippen LogP contribution is -2.34. The van der Waals surface area contributed by atoms with Crippen LogP contribution in [0.1, 0.15) is 59.8 Å². The van der Waals surface area contributed by atoms with Crippen molar-refractivity contribution in [2.75, 3.05) is 0 Å². The summed E-state index contributed by atoms with van der Waals surface area (Å²) in [5.74, 6) is -1.16. The average Bonchev–Trinajstić information content (AvgIpc) is 2.97. The number of carboxylic acid groups (broad SMARTS) is 1. The van der Waals surface area contributed by atoms with Gasteiger partial charge in [-0.25, -0.2) is 4.79 Å². The summed E-state index contributed by atoms with van der Waals surface area (Å²) in [6.07, 6.45) is 0. The Balaban J connectivity index is 2.24. The summed E-state index contributed by atoms with van der Waals surface area (Å²) < 4.78 is 5.17. The number of hydrogen-bond acceptors (Lipinski definition) is 4. The van der Waals surface area contributed by atoms with Crippen LogP contribution in [0.2, 0.25) is 0 Å². The summed E-state index contributed by atoms with van der Waals surface area (Å²) in [7, 11) is 0. The zero-order valence-electron chi connectivity index (χ0n) is 14.5. The molecule has 1 atom stereocenters. The van der Waals surface area contributed by atoms with Gasteiger partial charge in [-0.2, -0.15) is 0 Å². The first-order chi connectivity index (χ1) is 11.1. The molecule has 0 aliphatic heterocycles. The van der Waals surface area contributed by atoms with Crippen molar-refractivity contribution in [3.05, 3.63) is 52.4 Å². The van der Waals surface area contributed by atoms with E-state index in [0.29, 0.717) is 11.3 Å². The van der Waals surface area contributed by atoms with E-state index in [0.717, 1.165) is 11.1 Å². The summed E-state index contributed by atoms with van der Waals surface area (Å²) in [6.45, 7) is 9.64. The van der Waals surface area contributed by atoms with E-state index < -0.39 is 17.9 Å². The number of carbonyl (C=O) groups is 2. The number of aliphatic carboxylic acids is 1. The molecule has 0 aliphatic rings. The Labute approximate surface area is 140 Å². The van der Waals surface area contributed by atoms with Crippen LogP contribution >= 0.6 is 0 Å². The zero-order chi connectivity index (χ0) is 18.1. The van der Waals surface area contributed by atoms with Gasteiger partial charge in [0.15, 0.2) is 11.7 Å². The van der Waals surface area contributed by atoms with E-state index in [1.165, 1.54) is 6.07 Å². The largest absolute Gasteiger partial charge is 0.479 e. The molecule has 0 radical (unpaired) electrons. The molecule has 2 N–H and O–H groups in total. The number of carboxylic acids is 1. The predicted molar refractivity (Wildman–Crippen MR) is 89.0 cm³/mol. The fourth-order valence-electron chi connectivity index (χ4n) is 2.17. The number of nitrogens with zero attached hydrogens (tertiary/aromatic N) is 1. The fraction of sp³-hybridized carbons (Fsp3) is 0.389. The Morgan fingerprint density at radius 2 is 1.83 bits per heavy atom. The summed E-state index contributed by atoms with van der Waals surface area (Å²) in [4.78, 5) is 23.9. The van der Waals surface area contributed by atoms with Crippen LogP contribution in [-0.2, 0) is 10.2 Å². The predicted octanol–water partition coefficient (Wildman–Crippen LogP) is 3.14. The molecular formula is C18H22N2O4. The van der Waals surface area contributed by atoms with Gasteiger partial charge < -0.3 is 14.9 Å². The van der Waals surface area contributed by atoms with Gasteiger partial charge in [0, 0.05) is 11.5 Å². The molecule has 0 saturated carbocycles. The molecule has 0 aliphatic carbocycles. The third kappa shape index (κ3) is 3.82. The highest BCUT2D eigenvalue weighted by Gasteiger charge is 2.26. The molecule has 6 nitrogen and oxygen atoms in total. The van der Waals surface area contributed by atoms with Gasteiger partial charge in [-0.15, -0.1) is 0 Å². The molecule has 1 unspecified atom stereocenters. The van der Waals surface area contributed by atoms with Crippen molar-refractivity contribution >= 4 is 11.9 Å². The van der Waals surface area contributed by atoms with E-state index in [1.54, 1.807) is 12.1 Å². The summed E-state index contributed by atoms with van der Waals surface area (Å²) in [5.41, 5.74) is 2.31. The lowest BCUT2D eigenvalue weighted by atomic mass is 9.93. The molecule has 128 valence electrons. The molecule has 0 bridgehead atoms. The molecule has 1 aromatic carbocycles. The second-order valence-electron chi connectivity index (χ2n) is 6.91. The molecule has 2 rings (SSSR count). The molecule has 6 heteroatoms. The van der Waals surface area contributed by atoms with Crippen molar-refractivity contribution in [3.63, 3.8) is 0 Å². The maximum absolute atomic E-state index is 12.3. The van der Waals surface area contributed by atoms with Crippen molar-refractivity contribution < 1.29 is 19.2 Å². The van der Waals surface area contributed by atoms with Crippen LogP contribution in [0.5, 0.6) is 0 Å². The van der Waals surface area contributed by atoms with Crippen LogP contribution in [0.25, 0.3) is 0 Å². The van der Waals surface area contributed by atoms with E-state index in [1.807, 2.05) is 40.7 Å². The molecule has 0 fully saturated rings. The first kappa shape index (κ1) is 17.7. The number of hydrogen-bond donors (Lipinski definition) is 2. The van der Waals surface area contributed by atoms with E-state index >= 15 is 0 Å². The Morgan fingerprint density at radius 1 is 1.17 bits per heavy atom. The van der Waals surface area contributed by atoms with Crippen LogP contribution in [0.4, 0.5) is 0 Å². The molecular weight excluding hydrogens is 308 g/mol. The minimum Gasteiger partial charge on any atom is -0.479 e. The Kier molecular flexibility index (Phi) is 4.78. The lowest BCUT2D eigenvalue weighted by Gasteiger charge is -2.15. The van der Waals surface area contributed by atoms with E-state index in [9.17, 15) is 14.7 Å². The van der Waals surface area contributed by atoms with Crippen LogP contribution in [0.3, 0.4) is 0 Å². The third-order valence-corrected chi connectivity index (χ3v) is 3.87. The van der Waals surface area contributed by atoms with Gasteiger partial charge in [0.05, 0.1) is 0 Å². The van der Waals surface area contributed by atoms with Crippen LogP contribution in [-0.4, -0.2) is 22.1 Å². The first-order valence-corrected chi connectivity index (χ1v) is 7.67. The fourth-order valence-corrected chi connectivity index (χ4v) is 2.17. The van der Waals surface area contributed by atoms with Crippen molar-refractivity contribution in [1.29, 1.82) is 0 Å². The smallest absolute Gasteiger partial charge is 0.330 e. The number of carbonyl (C=O) groups excluding carboxylic acids is 1. The lowest BCUT2D eigenvalue weighted by molar-refractivity contribution is -0.139. The Morgan fingerprint density at radius 3 is 2.33 bits per heavy atom. The van der Waals surface area contributed by atoms with Crippen LogP contribution < -0.4 is 5.32 Å². The second-order valence-corrected chi connectivity index (χ2v) is 6.91. The van der Waals surface area contributed by atoms with E-state index in [2.05, 4.69) is 10.5 Å². The number of rotatable bonds is 4. The van der Waals surface area contributed by atoms with E-state index in [4.69, 9.17) is 4.52 Å². The van der Waals surface area contributed by atoms with Gasteiger partial charge in [-0.05, 0) is 30.5 Å². The minimum atomic E-state index is -1.15.